The molecule has 0 spiro atoms. The highest BCUT2D eigenvalue weighted by molar-refractivity contribution is 5.54. The summed E-state index contributed by atoms with van der Waals surface area (Å²) in [7, 11) is 0. The zero-order chi connectivity index (χ0) is 15.5. The number of hydrogen-bond donors (Lipinski definition) is 0. The smallest absolute Gasteiger partial charge is 0.266 e. The summed E-state index contributed by atoms with van der Waals surface area (Å²) in [6.45, 7) is 3.60. The molecular formula is C17H17N5O. The number of piperazine rings is 1. The number of anilines is 2. The third-order valence-electron chi connectivity index (χ3n) is 4.03. The van der Waals surface area contributed by atoms with E-state index in [9.17, 15) is 0 Å². The van der Waals surface area contributed by atoms with Crippen LogP contribution in [-0.2, 0) is 0 Å². The van der Waals surface area contributed by atoms with Gasteiger partial charge in [-0.3, -0.25) is 4.98 Å². The molecule has 0 atom stereocenters. The molecule has 0 amide bonds. The Hall–Kier alpha value is -2.89. The molecule has 116 valence electrons. The standard InChI is InChI=1S/C17H17N5O/c1-2-4-14(5-3-1)16-19-17(20-23-16)22-12-10-21(11-13-22)15-6-8-18-9-7-15/h1-9H,10-13H2. The maximum atomic E-state index is 5.39. The fraction of sp³-hybridized carbons (Fsp3) is 0.235. The second-order valence-corrected chi connectivity index (χ2v) is 5.45. The highest BCUT2D eigenvalue weighted by Gasteiger charge is 2.21. The molecule has 1 aliphatic rings. The van der Waals surface area contributed by atoms with Gasteiger partial charge in [-0.05, 0) is 29.4 Å². The lowest BCUT2D eigenvalue weighted by atomic mass is 10.2. The molecule has 1 saturated heterocycles. The molecule has 0 saturated carbocycles. The molecule has 1 aromatic carbocycles. The minimum Gasteiger partial charge on any atom is -0.368 e. The predicted molar refractivity (Wildman–Crippen MR) is 88.4 cm³/mol. The minimum absolute atomic E-state index is 0.567. The Morgan fingerprint density at radius 2 is 1.52 bits per heavy atom. The van der Waals surface area contributed by atoms with Gasteiger partial charge in [0.2, 0.25) is 0 Å². The Balaban J connectivity index is 1.44. The number of aromatic nitrogens is 3. The van der Waals surface area contributed by atoms with E-state index in [2.05, 4.69) is 24.9 Å². The van der Waals surface area contributed by atoms with Crippen molar-refractivity contribution in [1.29, 1.82) is 0 Å². The number of rotatable bonds is 3. The van der Waals surface area contributed by atoms with Gasteiger partial charge in [0, 0.05) is 49.8 Å². The van der Waals surface area contributed by atoms with Gasteiger partial charge in [0.25, 0.3) is 11.8 Å². The monoisotopic (exact) mass is 307 g/mol. The van der Waals surface area contributed by atoms with E-state index in [0.29, 0.717) is 11.8 Å². The molecular weight excluding hydrogens is 290 g/mol. The molecule has 0 radical (unpaired) electrons. The lowest BCUT2D eigenvalue weighted by Crippen LogP contribution is -2.46. The first-order valence-corrected chi connectivity index (χ1v) is 7.69. The van der Waals surface area contributed by atoms with Crippen LogP contribution < -0.4 is 9.80 Å². The lowest BCUT2D eigenvalue weighted by molar-refractivity contribution is 0.428. The third kappa shape index (κ3) is 2.88. The van der Waals surface area contributed by atoms with Gasteiger partial charge >= 0.3 is 0 Å². The van der Waals surface area contributed by atoms with Crippen molar-refractivity contribution in [3.63, 3.8) is 0 Å². The molecule has 0 aliphatic carbocycles. The van der Waals surface area contributed by atoms with Gasteiger partial charge in [0.05, 0.1) is 0 Å². The second kappa shape index (κ2) is 6.08. The molecule has 0 bridgehead atoms. The lowest BCUT2D eigenvalue weighted by Gasteiger charge is -2.35. The van der Waals surface area contributed by atoms with Crippen LogP contribution in [0.15, 0.2) is 59.4 Å². The van der Waals surface area contributed by atoms with Crippen LogP contribution in [0.1, 0.15) is 0 Å². The van der Waals surface area contributed by atoms with Crippen molar-refractivity contribution in [2.75, 3.05) is 36.0 Å². The average Bonchev–Trinajstić information content (AvgIpc) is 3.14. The van der Waals surface area contributed by atoms with E-state index < -0.39 is 0 Å². The van der Waals surface area contributed by atoms with Gasteiger partial charge in [-0.2, -0.15) is 4.98 Å². The normalized spacial score (nSPS) is 15.0. The largest absolute Gasteiger partial charge is 0.368 e. The Labute approximate surface area is 134 Å². The van der Waals surface area contributed by atoms with E-state index in [4.69, 9.17) is 4.52 Å². The van der Waals surface area contributed by atoms with Crippen LogP contribution in [0.25, 0.3) is 11.5 Å². The van der Waals surface area contributed by atoms with Crippen molar-refractivity contribution < 1.29 is 4.52 Å². The van der Waals surface area contributed by atoms with Crippen molar-refractivity contribution in [2.45, 2.75) is 0 Å². The molecule has 1 fully saturated rings. The third-order valence-corrected chi connectivity index (χ3v) is 4.03. The molecule has 1 aliphatic heterocycles. The Morgan fingerprint density at radius 1 is 0.826 bits per heavy atom. The van der Waals surface area contributed by atoms with Gasteiger partial charge in [0.1, 0.15) is 0 Å². The van der Waals surface area contributed by atoms with Crippen LogP contribution in [0.2, 0.25) is 0 Å². The highest BCUT2D eigenvalue weighted by atomic mass is 16.5. The van der Waals surface area contributed by atoms with Crippen LogP contribution in [0.5, 0.6) is 0 Å². The maximum Gasteiger partial charge on any atom is 0.266 e. The predicted octanol–water partition coefficient (Wildman–Crippen LogP) is 2.46. The maximum absolute atomic E-state index is 5.39. The number of pyridine rings is 1. The molecule has 23 heavy (non-hydrogen) atoms. The fourth-order valence-electron chi connectivity index (χ4n) is 2.76. The molecule has 6 heteroatoms. The fourth-order valence-corrected chi connectivity index (χ4v) is 2.76. The van der Waals surface area contributed by atoms with E-state index >= 15 is 0 Å². The van der Waals surface area contributed by atoms with Gasteiger partial charge in [0.15, 0.2) is 0 Å². The SMILES string of the molecule is c1ccc(-c2nc(N3CCN(c4ccncc4)CC3)no2)cc1. The molecule has 4 rings (SSSR count). The van der Waals surface area contributed by atoms with Crippen molar-refractivity contribution in [1.82, 2.24) is 15.1 Å². The summed E-state index contributed by atoms with van der Waals surface area (Å²) in [4.78, 5) is 13.1. The van der Waals surface area contributed by atoms with Crippen LogP contribution in [-0.4, -0.2) is 41.3 Å². The van der Waals surface area contributed by atoms with Gasteiger partial charge in [-0.25, -0.2) is 0 Å². The molecule has 0 N–H and O–H groups in total. The number of benzene rings is 1. The molecule has 3 heterocycles. The summed E-state index contributed by atoms with van der Waals surface area (Å²) in [5.41, 5.74) is 2.15. The van der Waals surface area contributed by atoms with Gasteiger partial charge in [-0.1, -0.05) is 18.2 Å². The van der Waals surface area contributed by atoms with E-state index in [-0.39, 0.29) is 0 Å². The van der Waals surface area contributed by atoms with Crippen LogP contribution in [0.3, 0.4) is 0 Å². The van der Waals surface area contributed by atoms with E-state index in [1.54, 1.807) is 0 Å². The Morgan fingerprint density at radius 3 is 2.26 bits per heavy atom. The zero-order valence-electron chi connectivity index (χ0n) is 12.7. The van der Waals surface area contributed by atoms with E-state index in [1.165, 1.54) is 5.69 Å². The first kappa shape index (κ1) is 13.8. The summed E-state index contributed by atoms with van der Waals surface area (Å²) in [5.74, 6) is 1.23. The Kier molecular flexibility index (Phi) is 3.63. The minimum atomic E-state index is 0.567. The summed E-state index contributed by atoms with van der Waals surface area (Å²) in [6, 6.07) is 13.9. The molecule has 3 aromatic rings. The van der Waals surface area contributed by atoms with Gasteiger partial charge < -0.3 is 14.3 Å². The van der Waals surface area contributed by atoms with Crippen LogP contribution >= 0.6 is 0 Å². The Bertz CT molecular complexity index is 751. The van der Waals surface area contributed by atoms with E-state index in [1.807, 2.05) is 54.9 Å². The quantitative estimate of drug-likeness (QED) is 0.741. The second-order valence-electron chi connectivity index (χ2n) is 5.45. The van der Waals surface area contributed by atoms with Crippen molar-refractivity contribution in [3.05, 3.63) is 54.9 Å². The van der Waals surface area contributed by atoms with Crippen molar-refractivity contribution in [3.8, 4) is 11.5 Å². The van der Waals surface area contributed by atoms with Crippen LogP contribution in [0.4, 0.5) is 11.6 Å². The van der Waals surface area contributed by atoms with Gasteiger partial charge in [-0.15, -0.1) is 0 Å². The summed E-state index contributed by atoms with van der Waals surface area (Å²) in [6.07, 6.45) is 3.65. The number of hydrogen-bond acceptors (Lipinski definition) is 6. The highest BCUT2D eigenvalue weighted by Crippen LogP contribution is 2.22. The van der Waals surface area contributed by atoms with Crippen molar-refractivity contribution >= 4 is 11.6 Å². The summed E-state index contributed by atoms with van der Waals surface area (Å²) < 4.78 is 5.39. The first-order valence-electron chi connectivity index (χ1n) is 7.69. The van der Waals surface area contributed by atoms with Crippen LogP contribution in [0, 0.1) is 0 Å². The zero-order valence-corrected chi connectivity index (χ0v) is 12.7. The molecule has 2 aromatic heterocycles. The number of nitrogens with zero attached hydrogens (tertiary/aromatic N) is 5. The summed E-state index contributed by atoms with van der Waals surface area (Å²) >= 11 is 0. The van der Waals surface area contributed by atoms with Crippen molar-refractivity contribution in [2.24, 2.45) is 0 Å². The topological polar surface area (TPSA) is 58.3 Å². The average molecular weight is 307 g/mol. The molecule has 6 nitrogen and oxygen atoms in total. The molecule has 0 unspecified atom stereocenters. The first-order chi connectivity index (χ1) is 11.4. The summed E-state index contributed by atoms with van der Waals surface area (Å²) in [5, 5.41) is 4.13. The van der Waals surface area contributed by atoms with E-state index in [0.717, 1.165) is 31.7 Å².